The van der Waals surface area contributed by atoms with Crippen LogP contribution in [0.15, 0.2) is 18.2 Å². The minimum absolute atomic E-state index is 0.251. The zero-order valence-electron chi connectivity index (χ0n) is 9.64. The monoisotopic (exact) mass is 240 g/mol. The highest BCUT2D eigenvalue weighted by Gasteiger charge is 2.00. The van der Waals surface area contributed by atoms with E-state index >= 15 is 0 Å². The molecule has 0 saturated heterocycles. The molecule has 0 saturated carbocycles. The molecule has 0 atom stereocenters. The van der Waals surface area contributed by atoms with Crippen LogP contribution in [0.1, 0.15) is 25.3 Å². The highest BCUT2D eigenvalue weighted by molar-refractivity contribution is 7.80. The summed E-state index contributed by atoms with van der Waals surface area (Å²) < 4.78 is 13.1. The van der Waals surface area contributed by atoms with E-state index in [9.17, 15) is 4.39 Å². The van der Waals surface area contributed by atoms with Gasteiger partial charge in [-0.1, -0.05) is 13.3 Å². The number of hydrogen-bond acceptors (Lipinski definition) is 1. The molecular formula is C12H17FN2S. The van der Waals surface area contributed by atoms with Crippen molar-refractivity contribution in [2.75, 3.05) is 11.9 Å². The summed E-state index contributed by atoms with van der Waals surface area (Å²) in [5.41, 5.74) is 1.56. The summed E-state index contributed by atoms with van der Waals surface area (Å²) in [5.74, 6) is -0.251. The van der Waals surface area contributed by atoms with E-state index in [2.05, 4.69) is 17.6 Å². The summed E-state index contributed by atoms with van der Waals surface area (Å²) in [7, 11) is 0. The van der Waals surface area contributed by atoms with Crippen molar-refractivity contribution in [1.29, 1.82) is 0 Å². The first-order valence-corrected chi connectivity index (χ1v) is 5.84. The van der Waals surface area contributed by atoms with Crippen molar-refractivity contribution in [3.8, 4) is 0 Å². The summed E-state index contributed by atoms with van der Waals surface area (Å²) >= 11 is 5.09. The van der Waals surface area contributed by atoms with E-state index in [0.717, 1.165) is 24.9 Å². The Bertz CT molecular complexity index is 346. The molecule has 1 aromatic carbocycles. The lowest BCUT2D eigenvalue weighted by molar-refractivity contribution is 0.627. The van der Waals surface area contributed by atoms with Crippen LogP contribution in [0.2, 0.25) is 0 Å². The Labute approximate surface area is 101 Å². The molecule has 0 aliphatic carbocycles. The molecule has 0 aliphatic rings. The summed E-state index contributed by atoms with van der Waals surface area (Å²) in [6, 6.07) is 4.77. The molecule has 0 fully saturated rings. The first kappa shape index (κ1) is 12.9. The van der Waals surface area contributed by atoms with Crippen LogP contribution in [0, 0.1) is 12.7 Å². The van der Waals surface area contributed by atoms with Crippen LogP contribution in [-0.2, 0) is 0 Å². The van der Waals surface area contributed by atoms with Gasteiger partial charge in [-0.25, -0.2) is 4.39 Å². The third-order valence-electron chi connectivity index (χ3n) is 2.12. The Morgan fingerprint density at radius 1 is 1.38 bits per heavy atom. The molecule has 4 heteroatoms. The topological polar surface area (TPSA) is 24.1 Å². The Morgan fingerprint density at radius 2 is 2.12 bits per heavy atom. The van der Waals surface area contributed by atoms with Crippen molar-refractivity contribution in [2.24, 2.45) is 0 Å². The fourth-order valence-electron chi connectivity index (χ4n) is 1.36. The molecule has 2 N–H and O–H groups in total. The highest BCUT2D eigenvalue weighted by atomic mass is 32.1. The van der Waals surface area contributed by atoms with Gasteiger partial charge in [0.2, 0.25) is 0 Å². The molecule has 0 spiro atoms. The van der Waals surface area contributed by atoms with Crippen LogP contribution in [0.3, 0.4) is 0 Å². The summed E-state index contributed by atoms with van der Waals surface area (Å²) in [6.45, 7) is 4.81. The van der Waals surface area contributed by atoms with Crippen LogP contribution in [0.25, 0.3) is 0 Å². The van der Waals surface area contributed by atoms with E-state index in [4.69, 9.17) is 12.2 Å². The number of aryl methyl sites for hydroxylation is 1. The second-order valence-corrected chi connectivity index (χ2v) is 4.16. The Balaban J connectivity index is 2.49. The van der Waals surface area contributed by atoms with Gasteiger partial charge in [-0.2, -0.15) is 0 Å². The number of benzene rings is 1. The largest absolute Gasteiger partial charge is 0.362 e. The molecule has 0 amide bonds. The maximum Gasteiger partial charge on any atom is 0.170 e. The molecule has 1 rings (SSSR count). The summed E-state index contributed by atoms with van der Waals surface area (Å²) in [6.07, 6.45) is 2.19. The van der Waals surface area contributed by atoms with Crippen molar-refractivity contribution >= 4 is 23.0 Å². The predicted molar refractivity (Wildman–Crippen MR) is 70.3 cm³/mol. The molecule has 0 heterocycles. The van der Waals surface area contributed by atoms with Crippen LogP contribution in [-0.4, -0.2) is 11.7 Å². The van der Waals surface area contributed by atoms with Crippen LogP contribution < -0.4 is 10.6 Å². The number of thiocarbonyl (C=S) groups is 1. The first-order chi connectivity index (χ1) is 7.61. The SMILES string of the molecule is CCCCNC(=S)Nc1cc(C)cc(F)c1. The van der Waals surface area contributed by atoms with Crippen molar-refractivity contribution in [1.82, 2.24) is 5.32 Å². The second-order valence-electron chi connectivity index (χ2n) is 3.75. The maximum absolute atomic E-state index is 13.1. The molecule has 16 heavy (non-hydrogen) atoms. The molecule has 0 aromatic heterocycles. The number of unbranched alkanes of at least 4 members (excludes halogenated alkanes) is 1. The zero-order valence-corrected chi connectivity index (χ0v) is 10.5. The number of halogens is 1. The third-order valence-corrected chi connectivity index (χ3v) is 2.36. The van der Waals surface area contributed by atoms with Crippen molar-refractivity contribution in [3.63, 3.8) is 0 Å². The van der Waals surface area contributed by atoms with Gasteiger partial charge in [-0.05, 0) is 49.3 Å². The molecular weight excluding hydrogens is 223 g/mol. The average molecular weight is 240 g/mol. The average Bonchev–Trinajstić information content (AvgIpc) is 2.16. The molecule has 88 valence electrons. The van der Waals surface area contributed by atoms with E-state index in [1.54, 1.807) is 0 Å². The van der Waals surface area contributed by atoms with Crippen molar-refractivity contribution in [2.45, 2.75) is 26.7 Å². The van der Waals surface area contributed by atoms with Gasteiger partial charge in [0.15, 0.2) is 5.11 Å². The van der Waals surface area contributed by atoms with E-state index in [1.807, 2.05) is 13.0 Å². The predicted octanol–water partition coefficient (Wildman–Crippen LogP) is 3.22. The van der Waals surface area contributed by atoms with Gasteiger partial charge in [-0.15, -0.1) is 0 Å². The second kappa shape index (κ2) is 6.43. The quantitative estimate of drug-likeness (QED) is 0.624. The molecule has 1 aromatic rings. The molecule has 0 radical (unpaired) electrons. The maximum atomic E-state index is 13.1. The van der Waals surface area contributed by atoms with E-state index in [0.29, 0.717) is 10.8 Å². The van der Waals surface area contributed by atoms with Gasteiger partial charge in [-0.3, -0.25) is 0 Å². The molecule has 2 nitrogen and oxygen atoms in total. The van der Waals surface area contributed by atoms with Gasteiger partial charge < -0.3 is 10.6 Å². The van der Waals surface area contributed by atoms with E-state index < -0.39 is 0 Å². The van der Waals surface area contributed by atoms with Crippen molar-refractivity contribution in [3.05, 3.63) is 29.6 Å². The first-order valence-electron chi connectivity index (χ1n) is 5.44. The highest BCUT2D eigenvalue weighted by Crippen LogP contribution is 2.12. The lowest BCUT2D eigenvalue weighted by atomic mass is 10.2. The zero-order chi connectivity index (χ0) is 12.0. The van der Waals surface area contributed by atoms with Gasteiger partial charge in [0.05, 0.1) is 0 Å². The fourth-order valence-corrected chi connectivity index (χ4v) is 1.58. The minimum Gasteiger partial charge on any atom is -0.362 e. The Kier molecular flexibility index (Phi) is 5.19. The Morgan fingerprint density at radius 3 is 2.75 bits per heavy atom. The van der Waals surface area contributed by atoms with Crippen LogP contribution in [0.5, 0.6) is 0 Å². The standard InChI is InChI=1S/C12H17FN2S/c1-3-4-5-14-12(16)15-11-7-9(2)6-10(13)8-11/h6-8H,3-5H2,1-2H3,(H2,14,15,16). The summed E-state index contributed by atoms with van der Waals surface area (Å²) in [5, 5.41) is 6.57. The number of anilines is 1. The van der Waals surface area contributed by atoms with Crippen LogP contribution in [0.4, 0.5) is 10.1 Å². The van der Waals surface area contributed by atoms with E-state index in [1.165, 1.54) is 12.1 Å². The molecule has 0 unspecified atom stereocenters. The third kappa shape index (κ3) is 4.57. The lowest BCUT2D eigenvalue weighted by Gasteiger charge is -2.10. The van der Waals surface area contributed by atoms with E-state index in [-0.39, 0.29) is 5.82 Å². The van der Waals surface area contributed by atoms with Gasteiger partial charge in [0.1, 0.15) is 5.82 Å². The number of nitrogens with one attached hydrogen (secondary N) is 2. The minimum atomic E-state index is -0.251. The summed E-state index contributed by atoms with van der Waals surface area (Å²) in [4.78, 5) is 0. The lowest BCUT2D eigenvalue weighted by Crippen LogP contribution is -2.29. The Hall–Kier alpha value is -1.16. The van der Waals surface area contributed by atoms with Gasteiger partial charge >= 0.3 is 0 Å². The van der Waals surface area contributed by atoms with Crippen LogP contribution >= 0.6 is 12.2 Å². The number of rotatable bonds is 4. The number of hydrogen-bond donors (Lipinski definition) is 2. The molecule has 0 aliphatic heterocycles. The fraction of sp³-hybridized carbons (Fsp3) is 0.417. The van der Waals surface area contributed by atoms with Gasteiger partial charge in [0.25, 0.3) is 0 Å². The van der Waals surface area contributed by atoms with Crippen molar-refractivity contribution < 1.29 is 4.39 Å². The smallest absolute Gasteiger partial charge is 0.170 e. The van der Waals surface area contributed by atoms with Gasteiger partial charge in [0, 0.05) is 12.2 Å². The normalized spacial score (nSPS) is 9.94. The molecule has 0 bridgehead atoms.